The summed E-state index contributed by atoms with van der Waals surface area (Å²) in [6.07, 6.45) is 0.728. The highest BCUT2D eigenvalue weighted by atomic mass is 35.5. The second-order valence-electron chi connectivity index (χ2n) is 6.00. The minimum atomic E-state index is -0.0927. The van der Waals surface area contributed by atoms with Crippen LogP contribution in [0.4, 0.5) is 0 Å². The molecular weight excluding hydrogens is 316 g/mol. The lowest BCUT2D eigenvalue weighted by atomic mass is 9.94. The van der Waals surface area contributed by atoms with Gasteiger partial charge in [-0.1, -0.05) is 0 Å². The van der Waals surface area contributed by atoms with Gasteiger partial charge in [-0.2, -0.15) is 0 Å². The number of carbonyl (C=O) groups is 1. The van der Waals surface area contributed by atoms with Gasteiger partial charge in [-0.05, 0) is 44.0 Å². The second-order valence-corrected chi connectivity index (χ2v) is 6.00. The molecule has 1 aromatic rings. The number of nitrogens with zero attached hydrogens (tertiary/aromatic N) is 1. The highest BCUT2D eigenvalue weighted by Crippen LogP contribution is 2.31. The molecule has 1 saturated heterocycles. The molecule has 1 N–H and O–H groups in total. The first kappa shape index (κ1) is 17.9. The van der Waals surface area contributed by atoms with Gasteiger partial charge in [-0.3, -0.25) is 4.79 Å². The maximum absolute atomic E-state index is 12.8. The van der Waals surface area contributed by atoms with E-state index in [1.165, 1.54) is 0 Å². The summed E-state index contributed by atoms with van der Waals surface area (Å²) in [7, 11) is 0. The SMILES string of the molecule is CCOc1ccc2c(c1)CC(C(=O)N1CCNC[C@H]1C)CO2.Cl. The van der Waals surface area contributed by atoms with E-state index >= 15 is 0 Å². The molecule has 6 heteroatoms. The molecule has 1 unspecified atom stereocenters. The smallest absolute Gasteiger partial charge is 0.229 e. The summed E-state index contributed by atoms with van der Waals surface area (Å²) < 4.78 is 11.3. The van der Waals surface area contributed by atoms with Crippen LogP contribution in [0.25, 0.3) is 0 Å². The third-order valence-corrected chi connectivity index (χ3v) is 4.38. The average molecular weight is 341 g/mol. The fourth-order valence-corrected chi connectivity index (χ4v) is 3.19. The van der Waals surface area contributed by atoms with Gasteiger partial charge in [-0.15, -0.1) is 12.4 Å². The molecule has 128 valence electrons. The summed E-state index contributed by atoms with van der Waals surface area (Å²) in [4.78, 5) is 14.8. The Morgan fingerprint density at radius 3 is 3.04 bits per heavy atom. The average Bonchev–Trinajstić information content (AvgIpc) is 2.54. The van der Waals surface area contributed by atoms with Crippen LogP contribution in [-0.4, -0.2) is 49.7 Å². The van der Waals surface area contributed by atoms with Gasteiger partial charge in [0.1, 0.15) is 18.1 Å². The molecule has 23 heavy (non-hydrogen) atoms. The van der Waals surface area contributed by atoms with Crippen LogP contribution in [0, 0.1) is 5.92 Å². The Morgan fingerprint density at radius 2 is 2.30 bits per heavy atom. The number of ether oxygens (including phenoxy) is 2. The molecule has 0 radical (unpaired) electrons. The maximum atomic E-state index is 12.8. The Morgan fingerprint density at radius 1 is 1.48 bits per heavy atom. The van der Waals surface area contributed by atoms with Gasteiger partial charge >= 0.3 is 0 Å². The van der Waals surface area contributed by atoms with Gasteiger partial charge in [0.2, 0.25) is 5.91 Å². The third-order valence-electron chi connectivity index (χ3n) is 4.38. The number of nitrogens with one attached hydrogen (secondary N) is 1. The van der Waals surface area contributed by atoms with E-state index in [1.807, 2.05) is 30.0 Å². The second kappa shape index (κ2) is 7.88. The fraction of sp³-hybridized carbons (Fsp3) is 0.588. The van der Waals surface area contributed by atoms with Crippen molar-refractivity contribution < 1.29 is 14.3 Å². The first-order chi connectivity index (χ1) is 10.7. The Bertz CT molecular complexity index is 553. The number of amides is 1. The lowest BCUT2D eigenvalue weighted by molar-refractivity contribution is -0.139. The topological polar surface area (TPSA) is 50.8 Å². The van der Waals surface area contributed by atoms with Crippen LogP contribution in [0.1, 0.15) is 19.4 Å². The highest BCUT2D eigenvalue weighted by molar-refractivity contribution is 5.85. The predicted molar refractivity (Wildman–Crippen MR) is 91.6 cm³/mol. The number of hydrogen-bond donors (Lipinski definition) is 1. The Kier molecular flexibility index (Phi) is 6.13. The van der Waals surface area contributed by atoms with E-state index in [4.69, 9.17) is 9.47 Å². The van der Waals surface area contributed by atoms with Crippen LogP contribution < -0.4 is 14.8 Å². The number of fused-ring (bicyclic) bond motifs is 1. The molecule has 3 rings (SSSR count). The quantitative estimate of drug-likeness (QED) is 0.912. The van der Waals surface area contributed by atoms with E-state index in [2.05, 4.69) is 12.2 Å². The standard InChI is InChI=1S/C17H24N2O3.ClH/c1-3-21-15-4-5-16-13(9-15)8-14(11-22-16)17(20)19-7-6-18-10-12(19)2;/h4-5,9,12,14,18H,3,6-8,10-11H2,1-2H3;1H/t12-,14?;/m1./s1. The summed E-state index contributed by atoms with van der Waals surface area (Å²) >= 11 is 0. The number of benzene rings is 1. The maximum Gasteiger partial charge on any atom is 0.229 e. The Balaban J connectivity index is 0.00000192. The number of hydrogen-bond acceptors (Lipinski definition) is 4. The first-order valence-corrected chi connectivity index (χ1v) is 8.08. The lowest BCUT2D eigenvalue weighted by Gasteiger charge is -2.37. The van der Waals surface area contributed by atoms with E-state index in [0.717, 1.165) is 43.1 Å². The molecule has 2 heterocycles. The normalized spacial score (nSPS) is 23.3. The van der Waals surface area contributed by atoms with Crippen molar-refractivity contribution in [2.45, 2.75) is 26.3 Å². The van der Waals surface area contributed by atoms with Gasteiger partial charge in [0.25, 0.3) is 0 Å². The minimum Gasteiger partial charge on any atom is -0.494 e. The molecule has 0 spiro atoms. The lowest BCUT2D eigenvalue weighted by Crippen LogP contribution is -2.54. The van der Waals surface area contributed by atoms with Crippen molar-refractivity contribution in [2.75, 3.05) is 32.8 Å². The van der Waals surface area contributed by atoms with Crippen molar-refractivity contribution in [3.8, 4) is 11.5 Å². The van der Waals surface area contributed by atoms with Crippen LogP contribution in [0.3, 0.4) is 0 Å². The molecule has 2 aliphatic rings. The summed E-state index contributed by atoms with van der Waals surface area (Å²) in [5.74, 6) is 1.83. The zero-order chi connectivity index (χ0) is 15.5. The number of halogens is 1. The van der Waals surface area contributed by atoms with Gasteiger partial charge < -0.3 is 19.7 Å². The zero-order valence-corrected chi connectivity index (χ0v) is 14.5. The fourth-order valence-electron chi connectivity index (χ4n) is 3.19. The summed E-state index contributed by atoms with van der Waals surface area (Å²) in [5.41, 5.74) is 1.07. The molecule has 5 nitrogen and oxygen atoms in total. The van der Waals surface area contributed by atoms with Crippen LogP contribution in [-0.2, 0) is 11.2 Å². The van der Waals surface area contributed by atoms with Gasteiger partial charge in [-0.25, -0.2) is 0 Å². The molecule has 1 amide bonds. The van der Waals surface area contributed by atoms with Gasteiger partial charge in [0.15, 0.2) is 0 Å². The summed E-state index contributed by atoms with van der Waals surface area (Å²) in [6.45, 7) is 7.68. The van der Waals surface area contributed by atoms with Crippen molar-refractivity contribution >= 4 is 18.3 Å². The molecule has 0 saturated carbocycles. The molecule has 1 fully saturated rings. The zero-order valence-electron chi connectivity index (χ0n) is 13.7. The molecule has 0 aliphatic carbocycles. The van der Waals surface area contributed by atoms with E-state index in [1.54, 1.807) is 0 Å². The van der Waals surface area contributed by atoms with E-state index in [0.29, 0.717) is 13.2 Å². The molecule has 1 aromatic carbocycles. The molecule has 2 atom stereocenters. The van der Waals surface area contributed by atoms with Crippen molar-refractivity contribution in [1.82, 2.24) is 10.2 Å². The van der Waals surface area contributed by atoms with Crippen molar-refractivity contribution in [1.29, 1.82) is 0 Å². The first-order valence-electron chi connectivity index (χ1n) is 8.08. The van der Waals surface area contributed by atoms with E-state index < -0.39 is 0 Å². The number of rotatable bonds is 3. The van der Waals surface area contributed by atoms with Gasteiger partial charge in [0, 0.05) is 25.7 Å². The molecule has 2 aliphatic heterocycles. The van der Waals surface area contributed by atoms with E-state index in [-0.39, 0.29) is 30.3 Å². The van der Waals surface area contributed by atoms with Crippen molar-refractivity contribution in [3.05, 3.63) is 23.8 Å². The molecule has 0 aromatic heterocycles. The minimum absolute atomic E-state index is 0. The Labute approximate surface area is 143 Å². The van der Waals surface area contributed by atoms with Crippen LogP contribution >= 0.6 is 12.4 Å². The van der Waals surface area contributed by atoms with Crippen LogP contribution in [0.15, 0.2) is 18.2 Å². The summed E-state index contributed by atoms with van der Waals surface area (Å²) in [6, 6.07) is 6.11. The number of piperazine rings is 1. The predicted octanol–water partition coefficient (Wildman–Crippen LogP) is 1.88. The Hall–Kier alpha value is -1.46. The van der Waals surface area contributed by atoms with Crippen molar-refractivity contribution in [2.24, 2.45) is 5.92 Å². The van der Waals surface area contributed by atoms with Crippen LogP contribution in [0.2, 0.25) is 0 Å². The highest BCUT2D eigenvalue weighted by Gasteiger charge is 2.32. The number of carbonyl (C=O) groups excluding carboxylic acids is 1. The monoisotopic (exact) mass is 340 g/mol. The van der Waals surface area contributed by atoms with Crippen molar-refractivity contribution in [3.63, 3.8) is 0 Å². The third kappa shape index (κ3) is 3.90. The largest absolute Gasteiger partial charge is 0.494 e. The molecule has 0 bridgehead atoms. The molecular formula is C17H25ClN2O3. The summed E-state index contributed by atoms with van der Waals surface area (Å²) in [5, 5.41) is 3.32. The van der Waals surface area contributed by atoms with Crippen LogP contribution in [0.5, 0.6) is 11.5 Å². The van der Waals surface area contributed by atoms with Gasteiger partial charge in [0.05, 0.1) is 12.5 Å². The van der Waals surface area contributed by atoms with E-state index in [9.17, 15) is 4.79 Å².